The van der Waals surface area contributed by atoms with Gasteiger partial charge >= 0.3 is 6.18 Å². The Morgan fingerprint density at radius 1 is 1.25 bits per heavy atom. The number of aliphatic hydroxyl groups is 1. The van der Waals surface area contributed by atoms with Crippen molar-refractivity contribution in [2.75, 3.05) is 20.6 Å². The molecule has 0 unspecified atom stereocenters. The van der Waals surface area contributed by atoms with Gasteiger partial charge in [0.05, 0.1) is 11.2 Å². The van der Waals surface area contributed by atoms with E-state index in [-0.39, 0.29) is 5.92 Å². The summed E-state index contributed by atoms with van der Waals surface area (Å²) >= 11 is 0. The molecule has 2 N–H and O–H groups in total. The molecule has 6 heteroatoms. The lowest BCUT2D eigenvalue weighted by atomic mass is 9.66. The molecule has 1 aromatic rings. The highest BCUT2D eigenvalue weighted by Gasteiger charge is 2.51. The highest BCUT2D eigenvalue weighted by molar-refractivity contribution is 5.41. The van der Waals surface area contributed by atoms with Gasteiger partial charge in [0.2, 0.25) is 0 Å². The van der Waals surface area contributed by atoms with Crippen molar-refractivity contribution >= 4 is 0 Å². The van der Waals surface area contributed by atoms with E-state index >= 15 is 0 Å². The van der Waals surface area contributed by atoms with Crippen LogP contribution >= 0.6 is 0 Å². The number of nitrogens with zero attached hydrogens (tertiary/aromatic N) is 1. The third kappa shape index (κ3) is 3.02. The lowest BCUT2D eigenvalue weighted by molar-refractivity contribution is -0.139. The zero-order valence-electron chi connectivity index (χ0n) is 14.0. The quantitative estimate of drug-likeness (QED) is 0.881. The maximum absolute atomic E-state index is 12.9. The van der Waals surface area contributed by atoms with Crippen molar-refractivity contribution in [3.63, 3.8) is 0 Å². The summed E-state index contributed by atoms with van der Waals surface area (Å²) in [6.07, 6.45) is -0.859. The van der Waals surface area contributed by atoms with Crippen molar-refractivity contribution in [2.45, 2.75) is 37.5 Å². The zero-order valence-corrected chi connectivity index (χ0v) is 14.0. The molecular formula is C18H24F3NO2. The van der Waals surface area contributed by atoms with Crippen LogP contribution in [-0.4, -0.2) is 35.8 Å². The Hall–Kier alpha value is -1.27. The number of hydrogen-bond acceptors (Lipinski definition) is 3. The van der Waals surface area contributed by atoms with Crippen molar-refractivity contribution in [1.29, 1.82) is 0 Å². The number of aromatic hydroxyl groups is 1. The fraction of sp³-hybridized carbons (Fsp3) is 0.667. The van der Waals surface area contributed by atoms with E-state index in [0.29, 0.717) is 30.4 Å². The summed E-state index contributed by atoms with van der Waals surface area (Å²) in [4.78, 5) is 2.01. The topological polar surface area (TPSA) is 43.7 Å². The Bertz CT molecular complexity index is 617. The molecule has 0 saturated heterocycles. The second kappa shape index (κ2) is 5.92. The predicted molar refractivity (Wildman–Crippen MR) is 84.5 cm³/mol. The summed E-state index contributed by atoms with van der Waals surface area (Å²) in [6.45, 7) is 0.676. The van der Waals surface area contributed by atoms with E-state index in [1.807, 2.05) is 19.0 Å². The first-order valence-corrected chi connectivity index (χ1v) is 8.39. The minimum atomic E-state index is -4.60. The minimum absolute atomic E-state index is 0.0395. The van der Waals surface area contributed by atoms with Crippen LogP contribution < -0.4 is 0 Å². The largest absolute Gasteiger partial charge is 0.507 e. The average Bonchev–Trinajstić information content (AvgIpc) is 2.85. The first-order valence-electron chi connectivity index (χ1n) is 8.39. The maximum Gasteiger partial charge on any atom is 0.419 e. The molecule has 0 heterocycles. The Morgan fingerprint density at radius 3 is 2.54 bits per heavy atom. The second-order valence-electron chi connectivity index (χ2n) is 7.67. The van der Waals surface area contributed by atoms with Crippen molar-refractivity contribution < 1.29 is 23.4 Å². The fourth-order valence-electron chi connectivity index (χ4n) is 4.71. The van der Waals surface area contributed by atoms with Crippen LogP contribution in [0.1, 0.15) is 36.8 Å². The van der Waals surface area contributed by atoms with E-state index in [1.54, 1.807) is 0 Å². The summed E-state index contributed by atoms with van der Waals surface area (Å²) in [6, 6.07) is 3.32. The smallest absolute Gasteiger partial charge is 0.419 e. The summed E-state index contributed by atoms with van der Waals surface area (Å²) < 4.78 is 38.6. The molecule has 134 valence electrons. The molecule has 2 aliphatic carbocycles. The Balaban J connectivity index is 2.00. The van der Waals surface area contributed by atoms with Gasteiger partial charge in [-0.25, -0.2) is 0 Å². The lowest BCUT2D eigenvalue weighted by Crippen LogP contribution is -2.47. The molecule has 2 saturated carbocycles. The zero-order chi connectivity index (χ0) is 17.7. The fourth-order valence-corrected chi connectivity index (χ4v) is 4.71. The van der Waals surface area contributed by atoms with Gasteiger partial charge in [-0.1, -0.05) is 12.5 Å². The molecule has 3 nitrogen and oxygen atoms in total. The first kappa shape index (κ1) is 17.5. The molecule has 1 aromatic carbocycles. The standard InChI is InChI=1S/C18H24F3NO2/c1-22(2)10-15-12-4-3-11(7-12)9-17(15,24)13-5-6-14(16(23)8-13)18(19,20)21/h5-6,8,11-12,15,23-24H,3-4,7,9-10H2,1-2H3/t11-,12+,15-,17-/m0/s1. The first-order chi connectivity index (χ1) is 11.1. The summed E-state index contributed by atoms with van der Waals surface area (Å²) in [5.74, 6) is -0.0687. The van der Waals surface area contributed by atoms with Crippen molar-refractivity contribution in [3.8, 4) is 5.75 Å². The number of hydrogen-bond donors (Lipinski definition) is 2. The van der Waals surface area contributed by atoms with E-state index in [0.717, 1.165) is 31.4 Å². The minimum Gasteiger partial charge on any atom is -0.507 e. The molecule has 2 aliphatic rings. The van der Waals surface area contributed by atoms with Crippen LogP contribution in [0.3, 0.4) is 0 Å². The molecule has 0 aliphatic heterocycles. The van der Waals surface area contributed by atoms with Gasteiger partial charge in [-0.05, 0) is 62.9 Å². The average molecular weight is 343 g/mol. The predicted octanol–water partition coefficient (Wildman–Crippen LogP) is 3.60. The monoisotopic (exact) mass is 343 g/mol. The molecule has 0 aromatic heterocycles. The van der Waals surface area contributed by atoms with Gasteiger partial charge in [0.25, 0.3) is 0 Å². The Labute approximate surface area is 140 Å². The van der Waals surface area contributed by atoms with Crippen LogP contribution in [0.25, 0.3) is 0 Å². The number of rotatable bonds is 3. The second-order valence-corrected chi connectivity index (χ2v) is 7.67. The van der Waals surface area contributed by atoms with E-state index in [1.165, 1.54) is 6.07 Å². The molecule has 2 bridgehead atoms. The van der Waals surface area contributed by atoms with Crippen LogP contribution in [-0.2, 0) is 11.8 Å². The molecule has 0 amide bonds. The van der Waals surface area contributed by atoms with E-state index in [4.69, 9.17) is 0 Å². The van der Waals surface area contributed by atoms with Crippen molar-refractivity contribution in [2.24, 2.45) is 17.8 Å². The maximum atomic E-state index is 12.9. The molecule has 2 fully saturated rings. The van der Waals surface area contributed by atoms with E-state index in [9.17, 15) is 23.4 Å². The van der Waals surface area contributed by atoms with E-state index < -0.39 is 23.1 Å². The van der Waals surface area contributed by atoms with Gasteiger partial charge in [0.1, 0.15) is 5.75 Å². The molecule has 4 atom stereocenters. The van der Waals surface area contributed by atoms with Gasteiger partial charge in [-0.15, -0.1) is 0 Å². The Kier molecular flexibility index (Phi) is 4.33. The molecule has 3 rings (SSSR count). The van der Waals surface area contributed by atoms with Gasteiger partial charge in [0, 0.05) is 12.5 Å². The number of alkyl halides is 3. The van der Waals surface area contributed by atoms with Gasteiger partial charge in [-0.3, -0.25) is 0 Å². The van der Waals surface area contributed by atoms with Crippen LogP contribution in [0, 0.1) is 17.8 Å². The third-order valence-corrected chi connectivity index (χ3v) is 5.73. The van der Waals surface area contributed by atoms with Crippen LogP contribution in [0.4, 0.5) is 13.2 Å². The number of phenols is 1. The van der Waals surface area contributed by atoms with Gasteiger partial charge in [0.15, 0.2) is 0 Å². The molecule has 0 spiro atoms. The number of phenolic OH excluding ortho intramolecular Hbond substituents is 1. The van der Waals surface area contributed by atoms with Crippen LogP contribution in [0.5, 0.6) is 5.75 Å². The van der Waals surface area contributed by atoms with Gasteiger partial charge in [-0.2, -0.15) is 13.2 Å². The Morgan fingerprint density at radius 2 is 1.96 bits per heavy atom. The highest BCUT2D eigenvalue weighted by Crippen LogP contribution is 2.54. The number of halogens is 3. The molecular weight excluding hydrogens is 319 g/mol. The van der Waals surface area contributed by atoms with Crippen molar-refractivity contribution in [1.82, 2.24) is 4.90 Å². The van der Waals surface area contributed by atoms with Crippen LogP contribution in [0.15, 0.2) is 18.2 Å². The normalized spacial score (nSPS) is 33.2. The number of fused-ring (bicyclic) bond motifs is 2. The molecule has 24 heavy (non-hydrogen) atoms. The summed E-state index contributed by atoms with van der Waals surface area (Å²) in [5.41, 5.74) is -1.84. The van der Waals surface area contributed by atoms with Gasteiger partial charge < -0.3 is 15.1 Å². The van der Waals surface area contributed by atoms with E-state index in [2.05, 4.69) is 0 Å². The SMILES string of the molecule is CN(C)C[C@H]1[C@@H]2CC[C@@H](C2)C[C@]1(O)c1ccc(C(F)(F)F)c(O)c1. The third-order valence-electron chi connectivity index (χ3n) is 5.73. The highest BCUT2D eigenvalue weighted by atomic mass is 19.4. The molecule has 0 radical (unpaired) electrons. The lowest BCUT2D eigenvalue weighted by Gasteiger charge is -2.45. The number of benzene rings is 1. The summed E-state index contributed by atoms with van der Waals surface area (Å²) in [5, 5.41) is 21.3. The summed E-state index contributed by atoms with van der Waals surface area (Å²) in [7, 11) is 3.87. The van der Waals surface area contributed by atoms with Crippen LogP contribution in [0.2, 0.25) is 0 Å². The van der Waals surface area contributed by atoms with Crippen molar-refractivity contribution in [3.05, 3.63) is 29.3 Å².